The van der Waals surface area contributed by atoms with Crippen LogP contribution in [0.2, 0.25) is 0 Å². The Hall–Kier alpha value is -0.580. The Kier molecular flexibility index (Phi) is 4.07. The Bertz CT molecular complexity index is 397. The van der Waals surface area contributed by atoms with Crippen LogP contribution in [0.4, 0.5) is 5.69 Å². The van der Waals surface area contributed by atoms with Crippen LogP contribution >= 0.6 is 15.9 Å². The van der Waals surface area contributed by atoms with E-state index in [-0.39, 0.29) is 12.6 Å². The van der Waals surface area contributed by atoms with Crippen LogP contribution in [-0.2, 0) is 0 Å². The predicted octanol–water partition coefficient (Wildman–Crippen LogP) is 1.87. The molecule has 94 valence electrons. The molecule has 1 aromatic carbocycles. The van der Waals surface area contributed by atoms with E-state index in [0.717, 1.165) is 24.1 Å². The third kappa shape index (κ3) is 2.81. The van der Waals surface area contributed by atoms with Crippen LogP contribution in [0, 0.1) is 6.92 Å². The molecule has 1 atom stereocenters. The maximum absolute atomic E-state index is 9.35. The molecular formula is C13H19BrN2O. The van der Waals surface area contributed by atoms with Crippen LogP contribution in [-0.4, -0.2) is 49.3 Å². The van der Waals surface area contributed by atoms with E-state index in [0.29, 0.717) is 0 Å². The summed E-state index contributed by atoms with van der Waals surface area (Å²) >= 11 is 3.52. The molecule has 1 aliphatic heterocycles. The van der Waals surface area contributed by atoms with Gasteiger partial charge in [-0.2, -0.15) is 0 Å². The summed E-state index contributed by atoms with van der Waals surface area (Å²) in [6.07, 6.45) is 0. The molecule has 0 aliphatic carbocycles. The zero-order valence-corrected chi connectivity index (χ0v) is 11.9. The Labute approximate surface area is 111 Å². The third-order valence-corrected chi connectivity index (χ3v) is 4.38. The summed E-state index contributed by atoms with van der Waals surface area (Å²) in [4.78, 5) is 4.57. The van der Waals surface area contributed by atoms with Crippen LogP contribution in [0.15, 0.2) is 22.7 Å². The molecule has 1 saturated heterocycles. The van der Waals surface area contributed by atoms with E-state index in [1.165, 1.54) is 11.3 Å². The molecule has 1 fully saturated rings. The molecule has 0 saturated carbocycles. The number of aryl methyl sites for hydroxylation is 1. The molecule has 2 rings (SSSR count). The standard InChI is InChI=1S/C13H19BrN2O/c1-10-7-11(3-4-13(10)14)16-6-5-15(2)12(8-16)9-17/h3-4,7,12,17H,5-6,8-9H2,1-2H3. The molecular weight excluding hydrogens is 280 g/mol. The molecule has 17 heavy (non-hydrogen) atoms. The number of halogens is 1. The van der Waals surface area contributed by atoms with Crippen LogP contribution in [0.25, 0.3) is 0 Å². The molecule has 4 heteroatoms. The summed E-state index contributed by atoms with van der Waals surface area (Å²) in [7, 11) is 2.07. The lowest BCUT2D eigenvalue weighted by Crippen LogP contribution is -2.53. The summed E-state index contributed by atoms with van der Waals surface area (Å²) in [6, 6.07) is 6.67. The lowest BCUT2D eigenvalue weighted by Gasteiger charge is -2.40. The number of hydrogen-bond acceptors (Lipinski definition) is 3. The van der Waals surface area contributed by atoms with E-state index in [1.54, 1.807) is 0 Å². The zero-order valence-electron chi connectivity index (χ0n) is 10.4. The second-order valence-electron chi connectivity index (χ2n) is 4.70. The van der Waals surface area contributed by atoms with Gasteiger partial charge in [0.2, 0.25) is 0 Å². The van der Waals surface area contributed by atoms with Crippen molar-refractivity contribution < 1.29 is 5.11 Å². The van der Waals surface area contributed by atoms with Crippen LogP contribution in [0.3, 0.4) is 0 Å². The number of rotatable bonds is 2. The van der Waals surface area contributed by atoms with E-state index in [4.69, 9.17) is 0 Å². The SMILES string of the molecule is Cc1cc(N2CCN(C)C(CO)C2)ccc1Br. The van der Waals surface area contributed by atoms with Gasteiger partial charge in [-0.15, -0.1) is 0 Å². The van der Waals surface area contributed by atoms with Crippen molar-refractivity contribution in [1.29, 1.82) is 0 Å². The smallest absolute Gasteiger partial charge is 0.0604 e. The topological polar surface area (TPSA) is 26.7 Å². The van der Waals surface area contributed by atoms with Gasteiger partial charge >= 0.3 is 0 Å². The van der Waals surface area contributed by atoms with Crippen molar-refractivity contribution >= 4 is 21.6 Å². The maximum Gasteiger partial charge on any atom is 0.0604 e. The quantitative estimate of drug-likeness (QED) is 0.903. The number of likely N-dealkylation sites (N-methyl/N-ethyl adjacent to an activating group) is 1. The molecule has 1 heterocycles. The lowest BCUT2D eigenvalue weighted by molar-refractivity contribution is 0.135. The van der Waals surface area contributed by atoms with Crippen LogP contribution < -0.4 is 4.90 Å². The monoisotopic (exact) mass is 298 g/mol. The van der Waals surface area contributed by atoms with Gasteiger partial charge in [-0.1, -0.05) is 15.9 Å². The number of hydrogen-bond donors (Lipinski definition) is 1. The number of aliphatic hydroxyl groups is 1. The minimum absolute atomic E-state index is 0.225. The number of aliphatic hydroxyl groups excluding tert-OH is 1. The maximum atomic E-state index is 9.35. The summed E-state index contributed by atoms with van der Waals surface area (Å²) in [6.45, 7) is 5.25. The Morgan fingerprint density at radius 3 is 2.82 bits per heavy atom. The van der Waals surface area contributed by atoms with Gasteiger partial charge in [-0.05, 0) is 37.7 Å². The Morgan fingerprint density at radius 2 is 2.18 bits per heavy atom. The fourth-order valence-electron chi connectivity index (χ4n) is 2.20. The average molecular weight is 299 g/mol. The summed E-state index contributed by atoms with van der Waals surface area (Å²) < 4.78 is 1.15. The molecule has 1 unspecified atom stereocenters. The summed E-state index contributed by atoms with van der Waals surface area (Å²) in [5, 5.41) is 9.35. The molecule has 0 spiro atoms. The van der Waals surface area contributed by atoms with Gasteiger partial charge in [0.25, 0.3) is 0 Å². The van der Waals surface area contributed by atoms with Gasteiger partial charge in [0.05, 0.1) is 12.6 Å². The van der Waals surface area contributed by atoms with Gasteiger partial charge in [0.1, 0.15) is 0 Å². The molecule has 0 amide bonds. The normalized spacial score (nSPS) is 21.9. The first-order valence-corrected chi connectivity index (χ1v) is 6.73. The number of anilines is 1. The van der Waals surface area contributed by atoms with E-state index in [2.05, 4.69) is 57.9 Å². The van der Waals surface area contributed by atoms with Gasteiger partial charge in [0.15, 0.2) is 0 Å². The average Bonchev–Trinajstić information content (AvgIpc) is 2.33. The largest absolute Gasteiger partial charge is 0.395 e. The van der Waals surface area contributed by atoms with Gasteiger partial charge in [-0.25, -0.2) is 0 Å². The minimum atomic E-state index is 0.225. The van der Waals surface area contributed by atoms with E-state index in [9.17, 15) is 5.11 Å². The Balaban J connectivity index is 2.14. The second-order valence-corrected chi connectivity index (χ2v) is 5.55. The van der Waals surface area contributed by atoms with Gasteiger partial charge in [-0.3, -0.25) is 4.90 Å². The minimum Gasteiger partial charge on any atom is -0.395 e. The molecule has 0 aromatic heterocycles. The first kappa shape index (κ1) is 12.9. The molecule has 0 radical (unpaired) electrons. The zero-order chi connectivity index (χ0) is 12.4. The number of nitrogens with zero attached hydrogens (tertiary/aromatic N) is 2. The first-order valence-electron chi connectivity index (χ1n) is 5.94. The summed E-state index contributed by atoms with van der Waals surface area (Å²) in [5.41, 5.74) is 2.50. The molecule has 1 aliphatic rings. The molecule has 3 nitrogen and oxygen atoms in total. The van der Waals surface area contributed by atoms with Crippen molar-refractivity contribution in [3.8, 4) is 0 Å². The van der Waals surface area contributed by atoms with E-state index in [1.807, 2.05) is 0 Å². The molecule has 1 N–H and O–H groups in total. The number of piperazine rings is 1. The van der Waals surface area contributed by atoms with Gasteiger partial charge in [0, 0.05) is 29.8 Å². The number of benzene rings is 1. The highest BCUT2D eigenvalue weighted by molar-refractivity contribution is 9.10. The molecule has 1 aromatic rings. The van der Waals surface area contributed by atoms with E-state index < -0.39 is 0 Å². The van der Waals surface area contributed by atoms with Crippen LogP contribution in [0.1, 0.15) is 5.56 Å². The highest BCUT2D eigenvalue weighted by atomic mass is 79.9. The van der Waals surface area contributed by atoms with Crippen molar-refractivity contribution in [3.05, 3.63) is 28.2 Å². The van der Waals surface area contributed by atoms with Crippen LogP contribution in [0.5, 0.6) is 0 Å². The molecule has 0 bridgehead atoms. The van der Waals surface area contributed by atoms with Crippen molar-refractivity contribution in [2.24, 2.45) is 0 Å². The highest BCUT2D eigenvalue weighted by Crippen LogP contribution is 2.24. The first-order chi connectivity index (χ1) is 8.11. The van der Waals surface area contributed by atoms with E-state index >= 15 is 0 Å². The second kappa shape index (κ2) is 5.38. The third-order valence-electron chi connectivity index (χ3n) is 3.49. The van der Waals surface area contributed by atoms with Crippen molar-refractivity contribution in [2.75, 3.05) is 38.2 Å². The highest BCUT2D eigenvalue weighted by Gasteiger charge is 2.23. The van der Waals surface area contributed by atoms with Gasteiger partial charge < -0.3 is 10.0 Å². The van der Waals surface area contributed by atoms with Crippen molar-refractivity contribution in [2.45, 2.75) is 13.0 Å². The summed E-state index contributed by atoms with van der Waals surface area (Å²) in [5.74, 6) is 0. The fourth-order valence-corrected chi connectivity index (χ4v) is 2.45. The van der Waals surface area contributed by atoms with Crippen molar-refractivity contribution in [3.63, 3.8) is 0 Å². The fraction of sp³-hybridized carbons (Fsp3) is 0.538. The Morgan fingerprint density at radius 1 is 1.41 bits per heavy atom. The predicted molar refractivity (Wildman–Crippen MR) is 74.6 cm³/mol. The lowest BCUT2D eigenvalue weighted by atomic mass is 10.1. The van der Waals surface area contributed by atoms with Crippen molar-refractivity contribution in [1.82, 2.24) is 4.90 Å².